The van der Waals surface area contributed by atoms with Crippen LogP contribution in [0.15, 0.2) is 24.3 Å². The summed E-state index contributed by atoms with van der Waals surface area (Å²) in [6.45, 7) is 3.79. The maximum atomic E-state index is 12.1. The normalized spacial score (nSPS) is 13.4. The third-order valence-electron chi connectivity index (χ3n) is 2.57. The van der Waals surface area contributed by atoms with Crippen molar-refractivity contribution in [3.8, 4) is 0 Å². The van der Waals surface area contributed by atoms with Crippen LogP contribution in [0.3, 0.4) is 0 Å². The Labute approximate surface area is 108 Å². The van der Waals surface area contributed by atoms with Crippen LogP contribution >= 0.6 is 11.6 Å². The van der Waals surface area contributed by atoms with Crippen LogP contribution in [0, 0.1) is 12.8 Å². The Hall–Kier alpha value is -0.740. The molecule has 1 aromatic carbocycles. The summed E-state index contributed by atoms with van der Waals surface area (Å²) in [7, 11) is -1.72. The first-order valence-corrected chi connectivity index (χ1v) is 7.60. The lowest BCUT2D eigenvalue weighted by molar-refractivity contribution is 0.581. The maximum absolute atomic E-state index is 12.1. The fourth-order valence-corrected chi connectivity index (χ4v) is 3.17. The van der Waals surface area contributed by atoms with Crippen molar-refractivity contribution in [1.29, 1.82) is 0 Å². The largest absolute Gasteiger partial charge is 0.273 e. The summed E-state index contributed by atoms with van der Waals surface area (Å²) in [5, 5.41) is 0. The molecule has 0 amide bonds. The Balaban J connectivity index is 2.88. The molecule has 0 aliphatic heterocycles. The van der Waals surface area contributed by atoms with Gasteiger partial charge in [-0.05, 0) is 25.0 Å². The molecule has 0 N–H and O–H groups in total. The minimum Gasteiger partial charge on any atom is -0.273 e. The third kappa shape index (κ3) is 3.89. The van der Waals surface area contributed by atoms with Gasteiger partial charge in [-0.2, -0.15) is 0 Å². The zero-order valence-electron chi connectivity index (χ0n) is 10.4. The van der Waals surface area contributed by atoms with Crippen LogP contribution in [-0.4, -0.2) is 27.1 Å². The second kappa shape index (κ2) is 5.74. The van der Waals surface area contributed by atoms with Gasteiger partial charge in [0, 0.05) is 12.9 Å². The van der Waals surface area contributed by atoms with Gasteiger partial charge in [-0.15, -0.1) is 11.6 Å². The summed E-state index contributed by atoms with van der Waals surface area (Å²) in [5.41, 5.74) is 1.78. The predicted octanol–water partition coefficient (Wildman–Crippen LogP) is 2.64. The number of alkyl halides is 1. The highest BCUT2D eigenvalue weighted by atomic mass is 35.5. The van der Waals surface area contributed by atoms with E-state index in [1.165, 1.54) is 4.31 Å². The molecule has 1 unspecified atom stereocenters. The number of sulfonamides is 1. The summed E-state index contributed by atoms with van der Waals surface area (Å²) >= 11 is 5.65. The van der Waals surface area contributed by atoms with E-state index < -0.39 is 10.0 Å². The molecule has 1 rings (SSSR count). The lowest BCUT2D eigenvalue weighted by Gasteiger charge is -2.21. The van der Waals surface area contributed by atoms with Crippen molar-refractivity contribution in [2.24, 2.45) is 5.92 Å². The van der Waals surface area contributed by atoms with Gasteiger partial charge < -0.3 is 0 Å². The van der Waals surface area contributed by atoms with E-state index in [2.05, 4.69) is 0 Å². The second-order valence-electron chi connectivity index (χ2n) is 4.34. The average Bonchev–Trinajstić information content (AvgIpc) is 2.28. The number of aryl methyl sites for hydroxylation is 1. The Morgan fingerprint density at radius 3 is 2.29 bits per heavy atom. The molecule has 0 fully saturated rings. The van der Waals surface area contributed by atoms with E-state index in [1.807, 2.05) is 26.0 Å². The Bertz CT molecular complexity index is 456. The molecule has 0 spiro atoms. The van der Waals surface area contributed by atoms with Gasteiger partial charge in [-0.3, -0.25) is 4.31 Å². The summed E-state index contributed by atoms with van der Waals surface area (Å²) in [6.07, 6.45) is 0. The molecule has 0 bridgehead atoms. The molecule has 0 saturated carbocycles. The quantitative estimate of drug-likeness (QED) is 0.775. The molecule has 96 valence electrons. The number of benzene rings is 1. The van der Waals surface area contributed by atoms with Crippen LogP contribution < -0.4 is 4.31 Å². The lowest BCUT2D eigenvalue weighted by atomic mass is 10.2. The molecule has 0 aromatic heterocycles. The van der Waals surface area contributed by atoms with Crippen molar-refractivity contribution in [3.05, 3.63) is 29.8 Å². The summed E-state index contributed by atoms with van der Waals surface area (Å²) < 4.78 is 25.4. The van der Waals surface area contributed by atoms with Crippen molar-refractivity contribution < 1.29 is 8.42 Å². The van der Waals surface area contributed by atoms with E-state index in [0.717, 1.165) is 5.56 Å². The molecule has 1 aromatic rings. The van der Waals surface area contributed by atoms with Crippen molar-refractivity contribution in [1.82, 2.24) is 0 Å². The first-order chi connectivity index (χ1) is 7.86. The monoisotopic (exact) mass is 275 g/mol. The molecule has 0 saturated heterocycles. The maximum Gasteiger partial charge on any atom is 0.235 e. The van der Waals surface area contributed by atoms with Crippen molar-refractivity contribution in [2.75, 3.05) is 23.0 Å². The number of halogens is 1. The number of hydrogen-bond donors (Lipinski definition) is 0. The predicted molar refractivity (Wildman–Crippen MR) is 73.3 cm³/mol. The topological polar surface area (TPSA) is 37.4 Å². The van der Waals surface area contributed by atoms with Crippen LogP contribution in [0.2, 0.25) is 0 Å². The van der Waals surface area contributed by atoms with Gasteiger partial charge in [-0.1, -0.05) is 24.6 Å². The second-order valence-corrected chi connectivity index (χ2v) is 6.69. The first-order valence-electron chi connectivity index (χ1n) is 5.46. The number of hydrogen-bond acceptors (Lipinski definition) is 2. The minimum atomic E-state index is -3.29. The van der Waals surface area contributed by atoms with Crippen LogP contribution in [0.1, 0.15) is 12.5 Å². The van der Waals surface area contributed by atoms with Gasteiger partial charge in [-0.25, -0.2) is 8.42 Å². The number of rotatable bonds is 5. The molecule has 3 nitrogen and oxygen atoms in total. The average molecular weight is 276 g/mol. The van der Waals surface area contributed by atoms with E-state index >= 15 is 0 Å². The summed E-state index contributed by atoms with van der Waals surface area (Å²) in [5.74, 6) is 0.372. The Morgan fingerprint density at radius 2 is 1.82 bits per heavy atom. The lowest BCUT2D eigenvalue weighted by Crippen LogP contribution is -2.31. The van der Waals surface area contributed by atoms with Gasteiger partial charge >= 0.3 is 0 Å². The standard InChI is InChI=1S/C12H18ClNO2S/c1-10-4-6-12(7-5-10)14(3)17(15,16)9-11(2)8-13/h4-7,11H,8-9H2,1-3H3. The Morgan fingerprint density at radius 1 is 1.29 bits per heavy atom. The van der Waals surface area contributed by atoms with Gasteiger partial charge in [0.05, 0.1) is 11.4 Å². The van der Waals surface area contributed by atoms with Crippen LogP contribution in [0.25, 0.3) is 0 Å². The fraction of sp³-hybridized carbons (Fsp3) is 0.500. The molecule has 17 heavy (non-hydrogen) atoms. The van der Waals surface area contributed by atoms with Crippen molar-refractivity contribution in [2.45, 2.75) is 13.8 Å². The SMILES string of the molecule is Cc1ccc(N(C)S(=O)(=O)CC(C)CCl)cc1. The molecule has 0 aliphatic rings. The van der Waals surface area contributed by atoms with Gasteiger partial charge in [0.1, 0.15) is 0 Å². The summed E-state index contributed by atoms with van der Waals surface area (Å²) in [4.78, 5) is 0. The Kier molecular flexibility index (Phi) is 4.83. The fourth-order valence-electron chi connectivity index (χ4n) is 1.43. The van der Waals surface area contributed by atoms with Crippen molar-refractivity contribution in [3.63, 3.8) is 0 Å². The van der Waals surface area contributed by atoms with Crippen LogP contribution in [0.5, 0.6) is 0 Å². The van der Waals surface area contributed by atoms with Crippen LogP contribution in [0.4, 0.5) is 5.69 Å². The van der Waals surface area contributed by atoms with E-state index in [0.29, 0.717) is 11.6 Å². The highest BCUT2D eigenvalue weighted by Crippen LogP contribution is 2.18. The highest BCUT2D eigenvalue weighted by molar-refractivity contribution is 7.92. The van der Waals surface area contributed by atoms with Crippen molar-refractivity contribution >= 4 is 27.3 Å². The molecular weight excluding hydrogens is 258 g/mol. The molecule has 0 heterocycles. The first kappa shape index (κ1) is 14.3. The smallest absolute Gasteiger partial charge is 0.235 e. The zero-order valence-corrected chi connectivity index (χ0v) is 11.9. The van der Waals surface area contributed by atoms with E-state index in [9.17, 15) is 8.42 Å². The zero-order chi connectivity index (χ0) is 13.1. The van der Waals surface area contributed by atoms with Gasteiger partial charge in [0.15, 0.2) is 0 Å². The highest BCUT2D eigenvalue weighted by Gasteiger charge is 2.21. The molecule has 0 aliphatic carbocycles. The number of anilines is 1. The van der Waals surface area contributed by atoms with Crippen LogP contribution in [-0.2, 0) is 10.0 Å². The van der Waals surface area contributed by atoms with E-state index in [-0.39, 0.29) is 11.7 Å². The number of nitrogens with zero attached hydrogens (tertiary/aromatic N) is 1. The molecule has 5 heteroatoms. The molecular formula is C12H18ClNO2S. The minimum absolute atomic E-state index is 0.0467. The molecule has 1 atom stereocenters. The third-order valence-corrected chi connectivity index (χ3v) is 5.14. The van der Waals surface area contributed by atoms with Gasteiger partial charge in [0.2, 0.25) is 10.0 Å². The van der Waals surface area contributed by atoms with Gasteiger partial charge in [0.25, 0.3) is 0 Å². The molecule has 0 radical (unpaired) electrons. The summed E-state index contributed by atoms with van der Waals surface area (Å²) in [6, 6.07) is 7.40. The van der Waals surface area contributed by atoms with E-state index in [4.69, 9.17) is 11.6 Å². The van der Waals surface area contributed by atoms with E-state index in [1.54, 1.807) is 19.2 Å².